The van der Waals surface area contributed by atoms with E-state index in [0.29, 0.717) is 5.56 Å². The molecular formula is C15H14N6O3. The van der Waals surface area contributed by atoms with Crippen LogP contribution in [-0.2, 0) is 14.1 Å². The molecule has 0 unspecified atom stereocenters. The first-order valence-corrected chi connectivity index (χ1v) is 7.03. The Balaban J connectivity index is 1.91. The van der Waals surface area contributed by atoms with Crippen molar-refractivity contribution in [3.63, 3.8) is 0 Å². The summed E-state index contributed by atoms with van der Waals surface area (Å²) in [5.41, 5.74) is 4.70. The number of carbonyl (C=O) groups is 1. The van der Waals surface area contributed by atoms with Crippen molar-refractivity contribution in [2.45, 2.75) is 0 Å². The minimum absolute atomic E-state index is 0.0264. The summed E-state index contributed by atoms with van der Waals surface area (Å²) in [5.74, 6) is -0.173. The first-order valence-electron chi connectivity index (χ1n) is 7.03. The van der Waals surface area contributed by atoms with Crippen molar-refractivity contribution in [3.8, 4) is 0 Å². The van der Waals surface area contributed by atoms with Gasteiger partial charge in [-0.15, -0.1) is 0 Å². The highest BCUT2D eigenvalue weighted by atomic mass is 16.2. The van der Waals surface area contributed by atoms with E-state index in [2.05, 4.69) is 20.8 Å². The topological polar surface area (TPSA) is 111 Å². The maximum Gasteiger partial charge on any atom is 0.332 e. The van der Waals surface area contributed by atoms with Crippen LogP contribution in [0.3, 0.4) is 0 Å². The Morgan fingerprint density at radius 1 is 1.08 bits per heavy atom. The standard InChI is InChI=1S/C15H14N6O3/c1-20-12-11(14(23)21(2)15(20)24)17-10(8-16-12)18-19-13(22)9-6-4-3-5-7-9/h3-8H,1-2H3,(H,17,18)(H,19,22). The van der Waals surface area contributed by atoms with Gasteiger partial charge >= 0.3 is 5.69 Å². The number of nitrogens with one attached hydrogen (secondary N) is 2. The van der Waals surface area contributed by atoms with Crippen LogP contribution in [-0.4, -0.2) is 25.0 Å². The molecule has 1 aromatic carbocycles. The van der Waals surface area contributed by atoms with Crippen LogP contribution in [0.4, 0.5) is 5.82 Å². The second kappa shape index (κ2) is 5.95. The van der Waals surface area contributed by atoms with Gasteiger partial charge in [0, 0.05) is 19.7 Å². The summed E-state index contributed by atoms with van der Waals surface area (Å²) >= 11 is 0. The van der Waals surface area contributed by atoms with E-state index >= 15 is 0 Å². The monoisotopic (exact) mass is 326 g/mol. The number of carbonyl (C=O) groups excluding carboxylic acids is 1. The van der Waals surface area contributed by atoms with Gasteiger partial charge < -0.3 is 0 Å². The molecule has 0 atom stereocenters. The fourth-order valence-electron chi connectivity index (χ4n) is 2.18. The number of amides is 1. The molecule has 0 radical (unpaired) electrons. The van der Waals surface area contributed by atoms with Gasteiger partial charge in [0.15, 0.2) is 17.0 Å². The van der Waals surface area contributed by atoms with Crippen LogP contribution in [0, 0.1) is 0 Å². The molecule has 1 amide bonds. The minimum Gasteiger partial charge on any atom is -0.280 e. The summed E-state index contributed by atoms with van der Waals surface area (Å²) in [7, 11) is 2.87. The summed E-state index contributed by atoms with van der Waals surface area (Å²) in [6, 6.07) is 8.62. The number of benzene rings is 1. The lowest BCUT2D eigenvalue weighted by atomic mass is 10.2. The number of aromatic nitrogens is 4. The van der Waals surface area contributed by atoms with Crippen LogP contribution in [0.1, 0.15) is 10.4 Å². The van der Waals surface area contributed by atoms with Gasteiger partial charge in [0.05, 0.1) is 6.20 Å². The highest BCUT2D eigenvalue weighted by Gasteiger charge is 2.12. The number of nitrogens with zero attached hydrogens (tertiary/aromatic N) is 4. The molecule has 3 rings (SSSR count). The van der Waals surface area contributed by atoms with Gasteiger partial charge in [0.1, 0.15) is 0 Å². The van der Waals surface area contributed by atoms with E-state index in [-0.39, 0.29) is 22.9 Å². The predicted octanol–water partition coefficient (Wildman–Crippen LogP) is -0.216. The number of hydrazine groups is 1. The number of aryl methyl sites for hydroxylation is 1. The lowest BCUT2D eigenvalue weighted by Gasteiger charge is -2.09. The number of hydrogen-bond donors (Lipinski definition) is 2. The van der Waals surface area contributed by atoms with Crippen LogP contribution in [0.2, 0.25) is 0 Å². The van der Waals surface area contributed by atoms with Gasteiger partial charge in [-0.3, -0.25) is 29.6 Å². The van der Waals surface area contributed by atoms with Crippen LogP contribution >= 0.6 is 0 Å². The number of rotatable bonds is 3. The molecule has 2 aromatic heterocycles. The second-order valence-corrected chi connectivity index (χ2v) is 5.08. The summed E-state index contributed by atoms with van der Waals surface area (Å²) in [6.07, 6.45) is 1.33. The van der Waals surface area contributed by atoms with E-state index in [0.717, 1.165) is 4.57 Å². The summed E-state index contributed by atoms with van der Waals surface area (Å²) in [5, 5.41) is 0. The quantitative estimate of drug-likeness (QED) is 0.644. The molecule has 0 aliphatic heterocycles. The molecule has 0 fully saturated rings. The Kier molecular flexibility index (Phi) is 3.82. The highest BCUT2D eigenvalue weighted by Crippen LogP contribution is 2.06. The average Bonchev–Trinajstić information content (AvgIpc) is 2.63. The molecule has 9 heteroatoms. The summed E-state index contributed by atoms with van der Waals surface area (Å²) in [4.78, 5) is 44.1. The third kappa shape index (κ3) is 2.62. The highest BCUT2D eigenvalue weighted by molar-refractivity contribution is 5.94. The Morgan fingerprint density at radius 3 is 2.50 bits per heavy atom. The molecule has 9 nitrogen and oxygen atoms in total. The van der Waals surface area contributed by atoms with Gasteiger partial charge in [-0.1, -0.05) is 18.2 Å². The van der Waals surface area contributed by atoms with E-state index in [4.69, 9.17) is 0 Å². The molecule has 2 N–H and O–H groups in total. The number of hydrogen-bond acceptors (Lipinski definition) is 6. The van der Waals surface area contributed by atoms with E-state index in [1.54, 1.807) is 30.3 Å². The van der Waals surface area contributed by atoms with Crippen LogP contribution in [0.25, 0.3) is 11.2 Å². The van der Waals surface area contributed by atoms with Crippen molar-refractivity contribution >= 4 is 22.9 Å². The Labute approximate surface area is 135 Å². The lowest BCUT2D eigenvalue weighted by Crippen LogP contribution is -2.38. The smallest absolute Gasteiger partial charge is 0.280 e. The van der Waals surface area contributed by atoms with Gasteiger partial charge in [0.2, 0.25) is 0 Å². The van der Waals surface area contributed by atoms with Crippen LogP contribution in [0.5, 0.6) is 0 Å². The van der Waals surface area contributed by atoms with Crippen LogP contribution in [0.15, 0.2) is 46.1 Å². The zero-order valence-corrected chi connectivity index (χ0v) is 13.0. The number of fused-ring (bicyclic) bond motifs is 1. The first-order chi connectivity index (χ1) is 11.5. The molecule has 122 valence electrons. The van der Waals surface area contributed by atoms with Crippen molar-refractivity contribution in [1.82, 2.24) is 24.5 Å². The van der Waals surface area contributed by atoms with Crippen molar-refractivity contribution in [1.29, 1.82) is 0 Å². The fraction of sp³-hybridized carbons (Fsp3) is 0.133. The Bertz CT molecular complexity index is 1040. The van der Waals surface area contributed by atoms with Gasteiger partial charge in [-0.25, -0.2) is 14.8 Å². The maximum absolute atomic E-state index is 12.1. The molecule has 0 spiro atoms. The van der Waals surface area contributed by atoms with Gasteiger partial charge in [0.25, 0.3) is 11.5 Å². The third-order valence-corrected chi connectivity index (χ3v) is 3.49. The minimum atomic E-state index is -0.557. The third-order valence-electron chi connectivity index (χ3n) is 3.49. The van der Waals surface area contributed by atoms with E-state index in [1.165, 1.54) is 24.9 Å². The molecule has 0 bridgehead atoms. The van der Waals surface area contributed by atoms with E-state index in [1.807, 2.05) is 0 Å². The van der Waals surface area contributed by atoms with Crippen molar-refractivity contribution in [2.75, 3.05) is 5.43 Å². The molecule has 2 heterocycles. The Morgan fingerprint density at radius 2 is 1.79 bits per heavy atom. The molecule has 0 saturated carbocycles. The average molecular weight is 326 g/mol. The van der Waals surface area contributed by atoms with E-state index in [9.17, 15) is 14.4 Å². The predicted molar refractivity (Wildman–Crippen MR) is 87.6 cm³/mol. The SMILES string of the molecule is Cn1c(=O)c2nc(NNC(=O)c3ccccc3)cnc2n(C)c1=O. The van der Waals surface area contributed by atoms with Crippen molar-refractivity contribution in [2.24, 2.45) is 14.1 Å². The molecular weight excluding hydrogens is 312 g/mol. The fourth-order valence-corrected chi connectivity index (χ4v) is 2.18. The molecule has 0 aliphatic carbocycles. The molecule has 3 aromatic rings. The van der Waals surface area contributed by atoms with Gasteiger partial charge in [-0.05, 0) is 12.1 Å². The second-order valence-electron chi connectivity index (χ2n) is 5.08. The van der Waals surface area contributed by atoms with Gasteiger partial charge in [-0.2, -0.15) is 0 Å². The normalized spacial score (nSPS) is 10.6. The summed E-state index contributed by atoms with van der Waals surface area (Å²) in [6.45, 7) is 0. The largest absolute Gasteiger partial charge is 0.332 e. The van der Waals surface area contributed by atoms with Crippen molar-refractivity contribution < 1.29 is 4.79 Å². The molecule has 24 heavy (non-hydrogen) atoms. The maximum atomic E-state index is 12.1. The molecule has 0 aliphatic rings. The Hall–Kier alpha value is -3.49. The van der Waals surface area contributed by atoms with E-state index < -0.39 is 11.2 Å². The number of anilines is 1. The zero-order valence-electron chi connectivity index (χ0n) is 13.0. The lowest BCUT2D eigenvalue weighted by molar-refractivity contribution is 0.0962. The summed E-state index contributed by atoms with van der Waals surface area (Å²) < 4.78 is 2.18. The van der Waals surface area contributed by atoms with Crippen LogP contribution < -0.4 is 22.1 Å². The first kappa shape index (κ1) is 15.4. The molecule has 0 saturated heterocycles. The van der Waals surface area contributed by atoms with Crippen molar-refractivity contribution in [3.05, 3.63) is 62.9 Å². The zero-order chi connectivity index (χ0) is 17.3.